The molecule has 1 amide bonds. The van der Waals surface area contributed by atoms with Crippen LogP contribution in [-0.4, -0.2) is 41.0 Å². The maximum Gasteiger partial charge on any atom is 0.228 e. The summed E-state index contributed by atoms with van der Waals surface area (Å²) in [5.74, 6) is 1.38. The lowest BCUT2D eigenvalue weighted by atomic mass is 10.1. The van der Waals surface area contributed by atoms with Crippen molar-refractivity contribution in [2.24, 2.45) is 5.92 Å². The number of aromatic amines is 2. The fourth-order valence-electron chi connectivity index (χ4n) is 4.32. The highest BCUT2D eigenvalue weighted by Crippen LogP contribution is 2.32. The van der Waals surface area contributed by atoms with Gasteiger partial charge in [0.25, 0.3) is 0 Å². The van der Waals surface area contributed by atoms with Crippen molar-refractivity contribution >= 4 is 33.7 Å². The van der Waals surface area contributed by atoms with E-state index in [-0.39, 0.29) is 11.8 Å². The normalized spacial score (nSPS) is 13.3. The number of carbonyl (C=O) groups excluding carboxylic acids is 1. The van der Waals surface area contributed by atoms with Gasteiger partial charge in [-0.15, -0.1) is 0 Å². The van der Waals surface area contributed by atoms with Gasteiger partial charge in [-0.25, -0.2) is 9.97 Å². The highest BCUT2D eigenvalue weighted by molar-refractivity contribution is 5.97. The molecule has 0 bridgehead atoms. The summed E-state index contributed by atoms with van der Waals surface area (Å²) < 4.78 is 0. The molecule has 1 saturated carbocycles. The van der Waals surface area contributed by atoms with Crippen molar-refractivity contribution in [1.29, 1.82) is 0 Å². The van der Waals surface area contributed by atoms with Crippen molar-refractivity contribution in [1.82, 2.24) is 35.1 Å². The summed E-state index contributed by atoms with van der Waals surface area (Å²) in [6.45, 7) is 0. The quantitative estimate of drug-likeness (QED) is 0.325. The molecule has 7 rings (SSSR count). The Bertz CT molecular complexity index is 1730. The summed E-state index contributed by atoms with van der Waals surface area (Å²) in [7, 11) is 0. The highest BCUT2D eigenvalue weighted by Gasteiger charge is 2.29. The molecule has 0 aliphatic heterocycles. The molecule has 1 aliphatic rings. The van der Waals surface area contributed by atoms with E-state index in [2.05, 4.69) is 35.5 Å². The zero-order valence-electron chi connectivity index (χ0n) is 19.1. The maximum absolute atomic E-state index is 12.0. The zero-order valence-corrected chi connectivity index (χ0v) is 19.1. The molecule has 0 radical (unpaired) electrons. The number of para-hydroxylation sites is 1. The van der Waals surface area contributed by atoms with Crippen molar-refractivity contribution in [3.8, 4) is 34.0 Å². The summed E-state index contributed by atoms with van der Waals surface area (Å²) in [6, 6.07) is 17.5. The number of nitrogens with one attached hydrogen (secondary N) is 3. The van der Waals surface area contributed by atoms with Crippen LogP contribution < -0.4 is 5.32 Å². The number of hydrogen-bond acceptors (Lipinski definition) is 6. The van der Waals surface area contributed by atoms with Crippen molar-refractivity contribution in [3.05, 3.63) is 73.2 Å². The van der Waals surface area contributed by atoms with Crippen LogP contribution in [0.2, 0.25) is 0 Å². The molecule has 9 nitrogen and oxygen atoms in total. The Hall–Kier alpha value is -4.92. The molecule has 1 fully saturated rings. The third kappa shape index (κ3) is 3.58. The van der Waals surface area contributed by atoms with E-state index in [1.165, 1.54) is 0 Å². The van der Waals surface area contributed by atoms with Crippen LogP contribution in [0.5, 0.6) is 0 Å². The SMILES string of the molecule is O=C(Nc1ccc(-c2cc3c(-c4nc5c(-c6ccccn6)cccc5[nH]4)n[nH]c3cn2)cn1)C1CC1. The van der Waals surface area contributed by atoms with E-state index in [1.54, 1.807) is 24.7 Å². The first kappa shape index (κ1) is 20.5. The number of pyridine rings is 3. The van der Waals surface area contributed by atoms with Gasteiger partial charge in [0.1, 0.15) is 11.5 Å². The van der Waals surface area contributed by atoms with Crippen LogP contribution in [0.3, 0.4) is 0 Å². The summed E-state index contributed by atoms with van der Waals surface area (Å²) in [6.07, 6.45) is 7.16. The van der Waals surface area contributed by atoms with Crippen molar-refractivity contribution in [3.63, 3.8) is 0 Å². The monoisotopic (exact) mass is 472 g/mol. The first-order valence-electron chi connectivity index (χ1n) is 11.7. The van der Waals surface area contributed by atoms with Gasteiger partial charge in [0.05, 0.1) is 34.1 Å². The fourth-order valence-corrected chi connectivity index (χ4v) is 4.32. The van der Waals surface area contributed by atoms with Gasteiger partial charge in [0.2, 0.25) is 5.91 Å². The summed E-state index contributed by atoms with van der Waals surface area (Å²) in [4.78, 5) is 33.8. The topological polar surface area (TPSA) is 125 Å². The van der Waals surface area contributed by atoms with Crippen LogP contribution in [0.4, 0.5) is 5.82 Å². The lowest BCUT2D eigenvalue weighted by Gasteiger charge is -2.05. The number of anilines is 1. The van der Waals surface area contributed by atoms with Gasteiger partial charge >= 0.3 is 0 Å². The number of imidazole rings is 1. The molecular formula is C27H20N8O. The van der Waals surface area contributed by atoms with E-state index in [9.17, 15) is 4.79 Å². The molecule has 0 saturated heterocycles. The van der Waals surface area contributed by atoms with Crippen molar-refractivity contribution in [2.45, 2.75) is 12.8 Å². The zero-order chi connectivity index (χ0) is 24.1. The Morgan fingerprint density at radius 3 is 2.67 bits per heavy atom. The number of fused-ring (bicyclic) bond motifs is 2. The van der Waals surface area contributed by atoms with E-state index < -0.39 is 0 Å². The number of hydrogen-bond donors (Lipinski definition) is 3. The number of aromatic nitrogens is 7. The number of carbonyl (C=O) groups is 1. The second-order valence-electron chi connectivity index (χ2n) is 8.89. The molecular weight excluding hydrogens is 452 g/mol. The summed E-state index contributed by atoms with van der Waals surface area (Å²) in [5.41, 5.74) is 6.68. The first-order valence-corrected chi connectivity index (χ1v) is 11.7. The molecule has 5 heterocycles. The molecule has 6 aromatic rings. The molecule has 0 atom stereocenters. The molecule has 1 aromatic carbocycles. The molecule has 5 aromatic heterocycles. The van der Waals surface area contributed by atoms with Crippen LogP contribution >= 0.6 is 0 Å². The van der Waals surface area contributed by atoms with Gasteiger partial charge in [-0.1, -0.05) is 18.2 Å². The number of H-pyrrole nitrogens is 2. The van der Waals surface area contributed by atoms with E-state index >= 15 is 0 Å². The second kappa shape index (κ2) is 8.09. The van der Waals surface area contributed by atoms with Gasteiger partial charge in [0.15, 0.2) is 5.82 Å². The van der Waals surface area contributed by atoms with Gasteiger partial charge in [0, 0.05) is 34.8 Å². The van der Waals surface area contributed by atoms with Crippen LogP contribution in [0.15, 0.2) is 73.2 Å². The van der Waals surface area contributed by atoms with Crippen molar-refractivity contribution < 1.29 is 4.79 Å². The van der Waals surface area contributed by atoms with E-state index in [0.29, 0.717) is 17.3 Å². The Morgan fingerprint density at radius 2 is 1.86 bits per heavy atom. The number of nitrogens with zero attached hydrogens (tertiary/aromatic N) is 5. The van der Waals surface area contributed by atoms with E-state index in [1.807, 2.05) is 48.5 Å². The van der Waals surface area contributed by atoms with E-state index in [0.717, 1.165) is 57.3 Å². The van der Waals surface area contributed by atoms with Gasteiger partial charge in [-0.3, -0.25) is 19.9 Å². The number of rotatable bonds is 5. The minimum Gasteiger partial charge on any atom is -0.337 e. The average Bonchev–Trinajstić information content (AvgIpc) is 3.55. The number of benzene rings is 1. The Labute approximate surface area is 205 Å². The molecule has 9 heteroatoms. The summed E-state index contributed by atoms with van der Waals surface area (Å²) >= 11 is 0. The Balaban J connectivity index is 1.25. The van der Waals surface area contributed by atoms with Crippen LogP contribution in [0, 0.1) is 5.92 Å². The van der Waals surface area contributed by atoms with Crippen LogP contribution in [-0.2, 0) is 4.79 Å². The molecule has 174 valence electrons. The lowest BCUT2D eigenvalue weighted by molar-refractivity contribution is -0.117. The maximum atomic E-state index is 12.0. The van der Waals surface area contributed by atoms with Gasteiger partial charge < -0.3 is 10.3 Å². The minimum absolute atomic E-state index is 0.0369. The highest BCUT2D eigenvalue weighted by atomic mass is 16.2. The predicted octanol–water partition coefficient (Wildman–Crippen LogP) is 4.97. The minimum atomic E-state index is 0.0369. The molecule has 36 heavy (non-hydrogen) atoms. The third-order valence-corrected chi connectivity index (χ3v) is 6.38. The molecule has 0 spiro atoms. The first-order chi connectivity index (χ1) is 17.7. The van der Waals surface area contributed by atoms with Gasteiger partial charge in [-0.05, 0) is 49.2 Å². The average molecular weight is 473 g/mol. The fraction of sp³-hybridized carbons (Fsp3) is 0.111. The summed E-state index contributed by atoms with van der Waals surface area (Å²) in [5, 5.41) is 11.3. The standard InChI is InChI=1S/C27H20N8O/c36-27(15-7-8-15)32-23-10-9-16(13-30-23)21-12-18-22(14-29-21)34-35-25(18)26-31-20-6-3-4-17(24(20)33-26)19-5-1-2-11-28-19/h1-6,9-15H,7-8H2,(H,31,33)(H,34,35)(H,30,32,36). The van der Waals surface area contributed by atoms with Crippen LogP contribution in [0.1, 0.15) is 12.8 Å². The second-order valence-corrected chi connectivity index (χ2v) is 8.89. The van der Waals surface area contributed by atoms with E-state index in [4.69, 9.17) is 4.98 Å². The van der Waals surface area contributed by atoms with Crippen molar-refractivity contribution in [2.75, 3.05) is 5.32 Å². The largest absolute Gasteiger partial charge is 0.337 e. The smallest absolute Gasteiger partial charge is 0.228 e. The molecule has 3 N–H and O–H groups in total. The number of amides is 1. The van der Waals surface area contributed by atoms with Crippen LogP contribution in [0.25, 0.3) is 56.0 Å². The Kier molecular flexibility index (Phi) is 4.60. The molecule has 0 unspecified atom stereocenters. The van der Waals surface area contributed by atoms with Gasteiger partial charge in [-0.2, -0.15) is 5.10 Å². The predicted molar refractivity (Wildman–Crippen MR) is 137 cm³/mol. The molecule has 1 aliphatic carbocycles. The lowest BCUT2D eigenvalue weighted by Crippen LogP contribution is -2.14. The Morgan fingerprint density at radius 1 is 0.917 bits per heavy atom. The third-order valence-electron chi connectivity index (χ3n) is 6.38.